The van der Waals surface area contributed by atoms with Gasteiger partial charge in [0.2, 0.25) is 0 Å². The van der Waals surface area contributed by atoms with Crippen LogP contribution < -0.4 is 5.32 Å². The molecule has 0 saturated heterocycles. The van der Waals surface area contributed by atoms with Crippen molar-refractivity contribution in [3.63, 3.8) is 0 Å². The van der Waals surface area contributed by atoms with Gasteiger partial charge in [-0.3, -0.25) is 5.32 Å². The van der Waals surface area contributed by atoms with Gasteiger partial charge in [-0.25, -0.2) is 0 Å². The summed E-state index contributed by atoms with van der Waals surface area (Å²) in [4.78, 5) is 0. The monoisotopic (exact) mass is 203 g/mol. The molecule has 3 nitrogen and oxygen atoms in total. The summed E-state index contributed by atoms with van der Waals surface area (Å²) in [5, 5.41) is 3.09. The van der Waals surface area contributed by atoms with Crippen molar-refractivity contribution in [2.45, 2.75) is 59.0 Å². The fourth-order valence-electron chi connectivity index (χ4n) is 1.10. The van der Waals surface area contributed by atoms with Crippen LogP contribution in [0.25, 0.3) is 0 Å². The zero-order valence-corrected chi connectivity index (χ0v) is 10.6. The quantitative estimate of drug-likeness (QED) is 0.671. The van der Waals surface area contributed by atoms with Crippen molar-refractivity contribution in [2.24, 2.45) is 0 Å². The first kappa shape index (κ1) is 13.9. The van der Waals surface area contributed by atoms with Crippen molar-refractivity contribution in [1.29, 1.82) is 0 Å². The molecule has 0 aromatic rings. The molecule has 0 unspecified atom stereocenters. The molecule has 1 N–H and O–H groups in total. The van der Waals surface area contributed by atoms with Crippen molar-refractivity contribution >= 4 is 0 Å². The number of hydrogen-bond acceptors (Lipinski definition) is 3. The maximum Gasteiger partial charge on any atom is 0.113 e. The molecule has 0 rings (SSSR count). The number of hydrogen-bond donors (Lipinski definition) is 1. The van der Waals surface area contributed by atoms with E-state index in [9.17, 15) is 0 Å². The first-order chi connectivity index (χ1) is 6.18. The van der Waals surface area contributed by atoms with Gasteiger partial charge in [0.15, 0.2) is 0 Å². The molecule has 0 aromatic carbocycles. The highest BCUT2D eigenvalue weighted by atomic mass is 16.6. The standard InChI is InChI=1S/C11H25NO2/c1-9(2)14-10(3,4)8-13-11(5,6)12-7/h9,12H,8H2,1-7H3. The molecule has 0 heterocycles. The first-order valence-electron chi connectivity index (χ1n) is 5.19. The van der Waals surface area contributed by atoms with Crippen molar-refractivity contribution < 1.29 is 9.47 Å². The molecule has 0 spiro atoms. The Kier molecular flexibility index (Phi) is 5.06. The Balaban J connectivity index is 3.98. The minimum atomic E-state index is -0.294. The van der Waals surface area contributed by atoms with Gasteiger partial charge in [-0.2, -0.15) is 0 Å². The smallest absolute Gasteiger partial charge is 0.113 e. The van der Waals surface area contributed by atoms with Crippen LogP contribution in [-0.2, 0) is 9.47 Å². The van der Waals surface area contributed by atoms with Gasteiger partial charge in [-0.15, -0.1) is 0 Å². The third-order valence-corrected chi connectivity index (χ3v) is 1.94. The van der Waals surface area contributed by atoms with Crippen LogP contribution in [0.4, 0.5) is 0 Å². The summed E-state index contributed by atoms with van der Waals surface area (Å²) in [7, 11) is 1.89. The van der Waals surface area contributed by atoms with Crippen molar-refractivity contribution in [1.82, 2.24) is 5.32 Å². The molecular weight excluding hydrogens is 178 g/mol. The molecule has 0 fully saturated rings. The molecule has 0 aliphatic rings. The van der Waals surface area contributed by atoms with Crippen LogP contribution in [-0.4, -0.2) is 31.1 Å². The second-order valence-corrected chi connectivity index (χ2v) is 4.98. The predicted octanol–water partition coefficient (Wildman–Crippen LogP) is 2.16. The third-order valence-electron chi connectivity index (χ3n) is 1.94. The lowest BCUT2D eigenvalue weighted by atomic mass is 10.1. The second kappa shape index (κ2) is 5.10. The lowest BCUT2D eigenvalue weighted by Gasteiger charge is -2.32. The molecule has 0 atom stereocenters. The second-order valence-electron chi connectivity index (χ2n) is 4.98. The summed E-state index contributed by atoms with van der Waals surface area (Å²) < 4.78 is 11.4. The fourth-order valence-corrected chi connectivity index (χ4v) is 1.10. The maximum absolute atomic E-state index is 5.72. The van der Waals surface area contributed by atoms with E-state index in [-0.39, 0.29) is 17.4 Å². The van der Waals surface area contributed by atoms with Gasteiger partial charge in [0.1, 0.15) is 5.72 Å². The van der Waals surface area contributed by atoms with Crippen LogP contribution in [0.2, 0.25) is 0 Å². The highest BCUT2D eigenvalue weighted by molar-refractivity contribution is 4.72. The maximum atomic E-state index is 5.72. The van der Waals surface area contributed by atoms with Crippen LogP contribution in [0.5, 0.6) is 0 Å². The van der Waals surface area contributed by atoms with Crippen molar-refractivity contribution in [3.05, 3.63) is 0 Å². The van der Waals surface area contributed by atoms with E-state index in [2.05, 4.69) is 5.32 Å². The molecule has 3 heteroatoms. The highest BCUT2D eigenvalue weighted by Crippen LogP contribution is 2.15. The summed E-state index contributed by atoms with van der Waals surface area (Å²) in [5.41, 5.74) is -0.528. The van der Waals surface area contributed by atoms with E-state index in [0.29, 0.717) is 6.61 Å². The van der Waals surface area contributed by atoms with Gasteiger partial charge >= 0.3 is 0 Å². The molecule has 86 valence electrons. The van der Waals surface area contributed by atoms with E-state index >= 15 is 0 Å². The molecule has 0 aromatic heterocycles. The van der Waals surface area contributed by atoms with E-state index in [4.69, 9.17) is 9.47 Å². The number of nitrogens with one attached hydrogen (secondary N) is 1. The minimum Gasteiger partial charge on any atom is -0.371 e. The SMILES string of the molecule is CNC(C)(C)OCC(C)(C)OC(C)C. The molecule has 0 aliphatic carbocycles. The summed E-state index contributed by atoms with van der Waals surface area (Å²) in [6, 6.07) is 0. The summed E-state index contributed by atoms with van der Waals surface area (Å²) in [6.45, 7) is 12.7. The molecule has 0 radical (unpaired) electrons. The molecule has 14 heavy (non-hydrogen) atoms. The Morgan fingerprint density at radius 2 is 1.64 bits per heavy atom. The Hall–Kier alpha value is -0.120. The van der Waals surface area contributed by atoms with Crippen LogP contribution in [0.15, 0.2) is 0 Å². The predicted molar refractivity (Wildman–Crippen MR) is 59.4 cm³/mol. The van der Waals surface area contributed by atoms with E-state index < -0.39 is 0 Å². The highest BCUT2D eigenvalue weighted by Gasteiger charge is 2.24. The summed E-state index contributed by atoms with van der Waals surface area (Å²) in [6.07, 6.45) is 0.228. The normalized spacial score (nSPS) is 13.7. The molecule has 0 saturated carbocycles. The van der Waals surface area contributed by atoms with E-state index in [1.807, 2.05) is 48.6 Å². The lowest BCUT2D eigenvalue weighted by Crippen LogP contribution is -2.44. The average Bonchev–Trinajstić information content (AvgIpc) is 1.99. The molecular formula is C11H25NO2. The molecule has 0 amide bonds. The molecule has 0 aliphatic heterocycles. The zero-order chi connectivity index (χ0) is 11.4. The third kappa shape index (κ3) is 6.35. The Labute approximate surface area is 88.2 Å². The topological polar surface area (TPSA) is 30.5 Å². The lowest BCUT2D eigenvalue weighted by molar-refractivity contribution is -0.143. The molecule has 0 bridgehead atoms. The van der Waals surface area contributed by atoms with E-state index in [1.165, 1.54) is 0 Å². The van der Waals surface area contributed by atoms with Crippen LogP contribution in [0, 0.1) is 0 Å². The first-order valence-corrected chi connectivity index (χ1v) is 5.19. The summed E-state index contributed by atoms with van der Waals surface area (Å²) in [5.74, 6) is 0. The van der Waals surface area contributed by atoms with Crippen molar-refractivity contribution in [3.8, 4) is 0 Å². The van der Waals surface area contributed by atoms with E-state index in [1.54, 1.807) is 0 Å². The van der Waals surface area contributed by atoms with E-state index in [0.717, 1.165) is 0 Å². The van der Waals surface area contributed by atoms with Gasteiger partial charge in [0, 0.05) is 0 Å². The van der Waals surface area contributed by atoms with Gasteiger partial charge in [-0.1, -0.05) is 0 Å². The number of ether oxygens (including phenoxy) is 2. The number of rotatable bonds is 6. The Bertz CT molecular complexity index is 165. The average molecular weight is 203 g/mol. The minimum absolute atomic E-state index is 0.228. The Morgan fingerprint density at radius 1 is 1.14 bits per heavy atom. The van der Waals surface area contributed by atoms with Crippen molar-refractivity contribution in [2.75, 3.05) is 13.7 Å². The van der Waals surface area contributed by atoms with Crippen LogP contribution in [0.1, 0.15) is 41.5 Å². The summed E-state index contributed by atoms with van der Waals surface area (Å²) >= 11 is 0. The zero-order valence-electron chi connectivity index (χ0n) is 10.6. The largest absolute Gasteiger partial charge is 0.371 e. The van der Waals surface area contributed by atoms with Crippen LogP contribution in [0.3, 0.4) is 0 Å². The van der Waals surface area contributed by atoms with Gasteiger partial charge < -0.3 is 9.47 Å². The van der Waals surface area contributed by atoms with Crippen LogP contribution >= 0.6 is 0 Å². The van der Waals surface area contributed by atoms with Gasteiger partial charge in [-0.05, 0) is 48.6 Å². The Morgan fingerprint density at radius 3 is 2.00 bits per heavy atom. The fraction of sp³-hybridized carbons (Fsp3) is 1.00. The van der Waals surface area contributed by atoms with Gasteiger partial charge in [0.05, 0.1) is 18.3 Å². The van der Waals surface area contributed by atoms with Gasteiger partial charge in [0.25, 0.3) is 0 Å².